The van der Waals surface area contributed by atoms with Crippen LogP contribution in [0, 0.1) is 17.8 Å². The van der Waals surface area contributed by atoms with Gasteiger partial charge in [-0.25, -0.2) is 4.79 Å². The summed E-state index contributed by atoms with van der Waals surface area (Å²) < 4.78 is 5.52. The molecule has 0 aliphatic heterocycles. The zero-order chi connectivity index (χ0) is 18.2. The van der Waals surface area contributed by atoms with E-state index in [-0.39, 0.29) is 11.9 Å². The lowest BCUT2D eigenvalue weighted by Crippen LogP contribution is -2.26. The highest BCUT2D eigenvalue weighted by atomic mass is 16.6. The van der Waals surface area contributed by atoms with Gasteiger partial charge >= 0.3 is 11.9 Å². The Morgan fingerprint density at radius 2 is 1.64 bits per heavy atom. The number of carbonyl (C=O) groups excluding carboxylic acids is 1. The van der Waals surface area contributed by atoms with Crippen molar-refractivity contribution in [1.82, 2.24) is 0 Å². The molecule has 2 atom stereocenters. The lowest BCUT2D eigenvalue weighted by Gasteiger charge is -2.29. The topological polar surface area (TPSA) is 63.6 Å². The van der Waals surface area contributed by atoms with Gasteiger partial charge in [-0.3, -0.25) is 4.79 Å². The smallest absolute Gasteiger partial charge is 0.335 e. The van der Waals surface area contributed by atoms with E-state index in [0.717, 1.165) is 32.1 Å². The summed E-state index contributed by atoms with van der Waals surface area (Å²) >= 11 is 0. The minimum absolute atomic E-state index is 0.0242. The molecule has 0 bridgehead atoms. The zero-order valence-electron chi connectivity index (χ0n) is 15.3. The van der Waals surface area contributed by atoms with Crippen LogP contribution in [0.4, 0.5) is 0 Å². The van der Waals surface area contributed by atoms with Crippen LogP contribution in [0.15, 0.2) is 24.3 Å². The van der Waals surface area contributed by atoms with Gasteiger partial charge in [-0.1, -0.05) is 12.1 Å². The van der Waals surface area contributed by atoms with Crippen molar-refractivity contribution in [3.63, 3.8) is 0 Å². The average molecular weight is 344 g/mol. The van der Waals surface area contributed by atoms with E-state index in [1.165, 1.54) is 5.56 Å². The number of esters is 1. The van der Waals surface area contributed by atoms with E-state index in [1.807, 2.05) is 32.9 Å². The molecule has 2 aliphatic rings. The van der Waals surface area contributed by atoms with Gasteiger partial charge in [0, 0.05) is 0 Å². The summed E-state index contributed by atoms with van der Waals surface area (Å²) in [7, 11) is 0. The number of carbonyl (C=O) groups is 2. The Morgan fingerprint density at radius 3 is 2.16 bits per heavy atom. The molecule has 2 saturated carbocycles. The minimum Gasteiger partial charge on any atom is -0.478 e. The van der Waals surface area contributed by atoms with Crippen molar-refractivity contribution in [3.05, 3.63) is 35.4 Å². The van der Waals surface area contributed by atoms with Crippen LogP contribution in [-0.2, 0) is 9.53 Å². The Bertz CT molecular complexity index is 633. The van der Waals surface area contributed by atoms with Crippen LogP contribution >= 0.6 is 0 Å². The van der Waals surface area contributed by atoms with Crippen molar-refractivity contribution >= 4 is 11.9 Å². The molecule has 0 saturated heterocycles. The summed E-state index contributed by atoms with van der Waals surface area (Å²) in [6, 6.07) is 7.30. The van der Waals surface area contributed by atoms with E-state index < -0.39 is 11.6 Å². The molecule has 1 N–H and O–H groups in total. The SMILES string of the molecule is CC(C)(C)OC(=O)[C@@H]1CC1C1CCC(c2ccc(C(=O)O)cc2)CC1. The Hall–Kier alpha value is -1.84. The first kappa shape index (κ1) is 18.0. The molecule has 0 spiro atoms. The van der Waals surface area contributed by atoms with Crippen LogP contribution in [0.1, 0.15) is 74.7 Å². The predicted octanol–water partition coefficient (Wildman–Crippen LogP) is 4.64. The third-order valence-corrected chi connectivity index (χ3v) is 5.56. The van der Waals surface area contributed by atoms with Crippen molar-refractivity contribution in [2.24, 2.45) is 17.8 Å². The molecule has 2 aliphatic carbocycles. The van der Waals surface area contributed by atoms with Crippen LogP contribution < -0.4 is 0 Å². The molecule has 3 rings (SSSR count). The summed E-state index contributed by atoms with van der Waals surface area (Å²) in [5.74, 6) is 0.853. The van der Waals surface area contributed by atoms with Gasteiger partial charge in [0.1, 0.15) is 5.60 Å². The second-order valence-electron chi connectivity index (χ2n) is 8.58. The Labute approximate surface area is 149 Å². The maximum Gasteiger partial charge on any atom is 0.335 e. The van der Waals surface area contributed by atoms with Gasteiger partial charge in [0.15, 0.2) is 0 Å². The first-order valence-corrected chi connectivity index (χ1v) is 9.30. The largest absolute Gasteiger partial charge is 0.478 e. The lowest BCUT2D eigenvalue weighted by atomic mass is 9.76. The first-order valence-electron chi connectivity index (χ1n) is 9.30. The third kappa shape index (κ3) is 4.42. The molecule has 2 fully saturated rings. The summed E-state index contributed by atoms with van der Waals surface area (Å²) in [6.45, 7) is 5.76. The van der Waals surface area contributed by atoms with E-state index in [0.29, 0.717) is 23.3 Å². The number of carboxylic acid groups (broad SMARTS) is 1. The van der Waals surface area contributed by atoms with Crippen LogP contribution in [0.2, 0.25) is 0 Å². The number of rotatable bonds is 4. The van der Waals surface area contributed by atoms with E-state index in [2.05, 4.69) is 0 Å². The molecule has 0 aromatic heterocycles. The second kappa shape index (κ2) is 6.81. The Morgan fingerprint density at radius 1 is 1.04 bits per heavy atom. The normalized spacial score (nSPS) is 29.1. The fraction of sp³-hybridized carbons (Fsp3) is 0.619. The maximum absolute atomic E-state index is 12.2. The van der Waals surface area contributed by atoms with Gasteiger partial charge < -0.3 is 9.84 Å². The predicted molar refractivity (Wildman–Crippen MR) is 95.5 cm³/mol. The molecule has 4 heteroatoms. The molecule has 4 nitrogen and oxygen atoms in total. The quantitative estimate of drug-likeness (QED) is 0.809. The number of benzene rings is 1. The van der Waals surface area contributed by atoms with Gasteiger partial charge in [-0.05, 0) is 88.3 Å². The van der Waals surface area contributed by atoms with Crippen molar-refractivity contribution in [2.75, 3.05) is 0 Å². The van der Waals surface area contributed by atoms with Crippen molar-refractivity contribution in [3.8, 4) is 0 Å². The van der Waals surface area contributed by atoms with Crippen molar-refractivity contribution in [1.29, 1.82) is 0 Å². The Balaban J connectivity index is 1.50. The molecule has 1 aromatic rings. The van der Waals surface area contributed by atoms with Crippen LogP contribution in [0.5, 0.6) is 0 Å². The summed E-state index contributed by atoms with van der Waals surface area (Å²) in [6.07, 6.45) is 5.52. The summed E-state index contributed by atoms with van der Waals surface area (Å²) in [4.78, 5) is 23.1. The molecule has 1 unspecified atom stereocenters. The van der Waals surface area contributed by atoms with Gasteiger partial charge in [-0.15, -0.1) is 0 Å². The fourth-order valence-corrected chi connectivity index (χ4v) is 4.16. The average Bonchev–Trinajstić information content (AvgIpc) is 3.34. The van der Waals surface area contributed by atoms with Gasteiger partial charge in [0.05, 0.1) is 11.5 Å². The van der Waals surface area contributed by atoms with Gasteiger partial charge in [-0.2, -0.15) is 0 Å². The first-order chi connectivity index (χ1) is 11.7. The van der Waals surface area contributed by atoms with Crippen molar-refractivity contribution in [2.45, 2.75) is 64.4 Å². The monoisotopic (exact) mass is 344 g/mol. The molecular weight excluding hydrogens is 316 g/mol. The van der Waals surface area contributed by atoms with E-state index in [4.69, 9.17) is 9.84 Å². The van der Waals surface area contributed by atoms with E-state index >= 15 is 0 Å². The molecule has 25 heavy (non-hydrogen) atoms. The van der Waals surface area contributed by atoms with Gasteiger partial charge in [0.25, 0.3) is 0 Å². The highest BCUT2D eigenvalue weighted by molar-refractivity contribution is 5.87. The number of aromatic carboxylic acids is 1. The number of hydrogen-bond donors (Lipinski definition) is 1. The number of carboxylic acids is 1. The molecule has 0 radical (unpaired) electrons. The van der Waals surface area contributed by atoms with E-state index in [1.54, 1.807) is 12.1 Å². The zero-order valence-corrected chi connectivity index (χ0v) is 15.3. The standard InChI is InChI=1S/C21H28O4/c1-21(2,3)25-20(24)18-12-17(18)15-8-4-13(5-9-15)14-6-10-16(11-7-14)19(22)23/h6-7,10-11,13,15,17-18H,4-5,8-9,12H2,1-3H3,(H,22,23)/t13?,15?,17?,18-/m1/s1. The lowest BCUT2D eigenvalue weighted by molar-refractivity contribution is -0.157. The maximum atomic E-state index is 12.2. The van der Waals surface area contributed by atoms with Gasteiger partial charge in [0.2, 0.25) is 0 Å². The molecule has 1 aromatic carbocycles. The highest BCUT2D eigenvalue weighted by Crippen LogP contribution is 2.52. The molecular formula is C21H28O4. The van der Waals surface area contributed by atoms with Crippen LogP contribution in [0.3, 0.4) is 0 Å². The third-order valence-electron chi connectivity index (χ3n) is 5.56. The van der Waals surface area contributed by atoms with Crippen LogP contribution in [-0.4, -0.2) is 22.6 Å². The molecule has 0 amide bonds. The minimum atomic E-state index is -0.878. The fourth-order valence-electron chi connectivity index (χ4n) is 4.16. The van der Waals surface area contributed by atoms with Crippen LogP contribution in [0.25, 0.3) is 0 Å². The molecule has 0 heterocycles. The summed E-state index contributed by atoms with van der Waals surface area (Å²) in [5, 5.41) is 8.99. The number of hydrogen-bond acceptors (Lipinski definition) is 3. The highest BCUT2D eigenvalue weighted by Gasteiger charge is 2.49. The van der Waals surface area contributed by atoms with Crippen molar-refractivity contribution < 1.29 is 19.4 Å². The second-order valence-corrected chi connectivity index (χ2v) is 8.58. The Kier molecular flexibility index (Phi) is 4.90. The summed E-state index contributed by atoms with van der Waals surface area (Å²) in [5.41, 5.74) is 1.18. The molecule has 136 valence electrons. The number of ether oxygens (including phenoxy) is 1. The van der Waals surface area contributed by atoms with E-state index in [9.17, 15) is 9.59 Å².